The number of anilines is 1. The van der Waals surface area contributed by atoms with Crippen molar-refractivity contribution in [1.29, 1.82) is 5.26 Å². The van der Waals surface area contributed by atoms with E-state index in [2.05, 4.69) is 15.3 Å². The summed E-state index contributed by atoms with van der Waals surface area (Å²) in [6.45, 7) is 6.04. The minimum atomic E-state index is -4.67. The number of hydrogen-bond acceptors (Lipinski definition) is 6. The molecule has 1 amide bonds. The minimum Gasteiger partial charge on any atom is -0.301 e. The molecule has 30 heavy (non-hydrogen) atoms. The van der Waals surface area contributed by atoms with E-state index >= 15 is 0 Å². The van der Waals surface area contributed by atoms with Gasteiger partial charge in [0.2, 0.25) is 5.91 Å². The second kappa shape index (κ2) is 8.55. The lowest BCUT2D eigenvalue weighted by Gasteiger charge is -2.36. The number of nitriles is 1. The highest BCUT2D eigenvalue weighted by atomic mass is 32.2. The van der Waals surface area contributed by atoms with Gasteiger partial charge in [-0.3, -0.25) is 4.79 Å². The summed E-state index contributed by atoms with van der Waals surface area (Å²) >= 11 is 2.08. The molecule has 10 heteroatoms. The predicted molar refractivity (Wildman–Crippen MR) is 110 cm³/mol. The molecule has 3 rings (SSSR count). The van der Waals surface area contributed by atoms with E-state index in [-0.39, 0.29) is 34.1 Å². The summed E-state index contributed by atoms with van der Waals surface area (Å²) in [5, 5.41) is 14.2. The fourth-order valence-electron chi connectivity index (χ4n) is 3.57. The van der Waals surface area contributed by atoms with E-state index in [1.54, 1.807) is 11.4 Å². The van der Waals surface area contributed by atoms with Gasteiger partial charge < -0.3 is 5.32 Å². The monoisotopic (exact) mass is 454 g/mol. The molecule has 0 saturated carbocycles. The molecule has 0 radical (unpaired) electrons. The zero-order valence-electron chi connectivity index (χ0n) is 16.8. The number of carbonyl (C=O) groups is 1. The quantitative estimate of drug-likeness (QED) is 0.634. The minimum absolute atomic E-state index is 0.0490. The number of amides is 1. The van der Waals surface area contributed by atoms with Crippen LogP contribution in [0.4, 0.5) is 18.3 Å². The first kappa shape index (κ1) is 22.6. The molecule has 2 aromatic rings. The number of hydrogen-bond donors (Lipinski definition) is 1. The van der Waals surface area contributed by atoms with E-state index in [0.717, 1.165) is 18.2 Å². The summed E-state index contributed by atoms with van der Waals surface area (Å²) in [5.41, 5.74) is -1.03. The maximum atomic E-state index is 14.0. The van der Waals surface area contributed by atoms with Crippen molar-refractivity contribution >= 4 is 34.1 Å². The van der Waals surface area contributed by atoms with E-state index in [1.165, 1.54) is 17.5 Å². The maximum absolute atomic E-state index is 14.0. The Morgan fingerprint density at radius 3 is 2.70 bits per heavy atom. The molecule has 1 N–H and O–H groups in total. The average molecular weight is 455 g/mol. The molecule has 0 bridgehead atoms. The first-order valence-electron chi connectivity index (χ1n) is 9.36. The number of aryl methyl sites for hydroxylation is 1. The second-order valence-electron chi connectivity index (χ2n) is 8.18. The van der Waals surface area contributed by atoms with Gasteiger partial charge in [0.15, 0.2) is 5.13 Å². The summed E-state index contributed by atoms with van der Waals surface area (Å²) < 4.78 is 42.0. The third-order valence-electron chi connectivity index (χ3n) is 5.17. The third-order valence-corrected chi connectivity index (χ3v) is 6.83. The molecule has 0 aromatic carbocycles. The van der Waals surface area contributed by atoms with Gasteiger partial charge in [0.05, 0.1) is 16.9 Å². The predicted octanol–water partition coefficient (Wildman–Crippen LogP) is 5.31. The van der Waals surface area contributed by atoms with Crippen LogP contribution in [-0.4, -0.2) is 21.6 Å². The molecule has 0 unspecified atom stereocenters. The lowest BCUT2D eigenvalue weighted by atomic mass is 9.70. The number of nitrogens with zero attached hydrogens (tertiary/aromatic N) is 3. The molecule has 1 atom stereocenters. The number of thiazole rings is 1. The molecule has 0 fully saturated rings. The fourth-order valence-corrected chi connectivity index (χ4v) is 4.92. The van der Waals surface area contributed by atoms with Crippen LogP contribution in [0.2, 0.25) is 0 Å². The summed E-state index contributed by atoms with van der Waals surface area (Å²) in [5.74, 6) is -0.510. The van der Waals surface area contributed by atoms with Crippen molar-refractivity contribution in [1.82, 2.24) is 9.97 Å². The molecule has 1 aliphatic rings. The van der Waals surface area contributed by atoms with Crippen LogP contribution in [0.3, 0.4) is 0 Å². The second-order valence-corrected chi connectivity index (χ2v) is 10.0. The van der Waals surface area contributed by atoms with Crippen LogP contribution in [0.15, 0.2) is 16.6 Å². The highest BCUT2D eigenvalue weighted by Crippen LogP contribution is 2.44. The first-order chi connectivity index (χ1) is 14.0. The Bertz CT molecular complexity index is 976. The Hall–Kier alpha value is -2.12. The molecular weight excluding hydrogens is 433 g/mol. The van der Waals surface area contributed by atoms with Crippen LogP contribution in [0.1, 0.15) is 49.6 Å². The molecule has 160 valence electrons. The van der Waals surface area contributed by atoms with Crippen LogP contribution in [0.5, 0.6) is 0 Å². The summed E-state index contributed by atoms with van der Waals surface area (Å²) in [7, 11) is 0. The zero-order valence-corrected chi connectivity index (χ0v) is 18.4. The number of carbonyl (C=O) groups excluding carboxylic acids is 1. The Kier molecular flexibility index (Phi) is 6.43. The molecule has 2 heterocycles. The number of fused-ring (bicyclic) bond motifs is 1. The average Bonchev–Trinajstić information content (AvgIpc) is 3.15. The van der Waals surface area contributed by atoms with Gasteiger partial charge in [0, 0.05) is 17.3 Å². The van der Waals surface area contributed by atoms with Gasteiger partial charge in [-0.2, -0.15) is 18.4 Å². The molecular formula is C20H21F3N4OS2. The van der Waals surface area contributed by atoms with Crippen LogP contribution < -0.4 is 5.32 Å². The van der Waals surface area contributed by atoms with E-state index in [4.69, 9.17) is 0 Å². The van der Waals surface area contributed by atoms with Gasteiger partial charge in [-0.05, 0) is 36.2 Å². The highest BCUT2D eigenvalue weighted by molar-refractivity contribution is 8.00. The molecule has 5 nitrogen and oxygen atoms in total. The van der Waals surface area contributed by atoms with Gasteiger partial charge in [-0.15, -0.1) is 11.3 Å². The van der Waals surface area contributed by atoms with E-state index in [0.29, 0.717) is 17.2 Å². The van der Waals surface area contributed by atoms with E-state index in [9.17, 15) is 23.2 Å². The van der Waals surface area contributed by atoms with Crippen molar-refractivity contribution in [2.24, 2.45) is 11.3 Å². The fraction of sp³-hybridized carbons (Fsp3) is 0.500. The van der Waals surface area contributed by atoms with Crippen molar-refractivity contribution in [3.05, 3.63) is 34.0 Å². The van der Waals surface area contributed by atoms with Gasteiger partial charge in [0.1, 0.15) is 11.1 Å². The standard InChI is InChI=1S/C20H21F3N4OS2/c1-19(2,3)11-4-5-14-12(8-11)16(20(21,22)23)13(9-24)17(26-14)30-10-15(28)27-18-25-6-7-29-18/h6-7,11H,4-5,8,10H2,1-3H3,(H,25,27,28)/t11-/m1/s1. The summed E-state index contributed by atoms with van der Waals surface area (Å²) in [4.78, 5) is 20.4. The van der Waals surface area contributed by atoms with Crippen molar-refractivity contribution in [3.63, 3.8) is 0 Å². The maximum Gasteiger partial charge on any atom is 0.418 e. The van der Waals surface area contributed by atoms with Crippen molar-refractivity contribution < 1.29 is 18.0 Å². The summed E-state index contributed by atoms with van der Waals surface area (Å²) in [6, 6.07) is 1.70. The first-order valence-corrected chi connectivity index (χ1v) is 11.2. The molecule has 0 saturated heterocycles. The number of nitrogens with one attached hydrogen (secondary N) is 1. The van der Waals surface area contributed by atoms with Crippen LogP contribution in [-0.2, 0) is 23.8 Å². The Balaban J connectivity index is 1.94. The smallest absolute Gasteiger partial charge is 0.301 e. The Morgan fingerprint density at radius 1 is 1.40 bits per heavy atom. The van der Waals surface area contributed by atoms with Gasteiger partial charge in [0.25, 0.3) is 0 Å². The summed E-state index contributed by atoms with van der Waals surface area (Å²) in [6.07, 6.45) is -1.74. The van der Waals surface area contributed by atoms with Gasteiger partial charge >= 0.3 is 6.18 Å². The number of halogens is 3. The highest BCUT2D eigenvalue weighted by Gasteiger charge is 2.42. The number of alkyl halides is 3. The van der Waals surface area contributed by atoms with Crippen LogP contribution >= 0.6 is 23.1 Å². The van der Waals surface area contributed by atoms with E-state index in [1.807, 2.05) is 20.8 Å². The SMILES string of the molecule is CC(C)(C)[C@@H]1CCc2nc(SCC(=O)Nc3nccs3)c(C#N)c(C(F)(F)F)c2C1. The topological polar surface area (TPSA) is 78.7 Å². The Morgan fingerprint density at radius 2 is 2.13 bits per heavy atom. The van der Waals surface area contributed by atoms with E-state index < -0.39 is 23.2 Å². The van der Waals surface area contributed by atoms with Crippen LogP contribution in [0.25, 0.3) is 0 Å². The normalized spacial score (nSPS) is 16.6. The number of aromatic nitrogens is 2. The Labute approximate surface area is 181 Å². The van der Waals surface area contributed by atoms with Crippen molar-refractivity contribution in [2.45, 2.75) is 51.2 Å². The molecule has 2 aromatic heterocycles. The van der Waals surface area contributed by atoms with Crippen molar-refractivity contribution in [2.75, 3.05) is 11.1 Å². The number of pyridine rings is 1. The number of thioether (sulfide) groups is 1. The van der Waals surface area contributed by atoms with Gasteiger partial charge in [-0.1, -0.05) is 32.5 Å². The third kappa shape index (κ3) is 4.95. The lowest BCUT2D eigenvalue weighted by Crippen LogP contribution is -2.30. The number of rotatable bonds is 4. The largest absolute Gasteiger partial charge is 0.418 e. The zero-order chi connectivity index (χ0) is 22.1. The van der Waals surface area contributed by atoms with Crippen molar-refractivity contribution in [3.8, 4) is 6.07 Å². The van der Waals surface area contributed by atoms with Crippen LogP contribution in [0, 0.1) is 22.7 Å². The molecule has 0 spiro atoms. The lowest BCUT2D eigenvalue weighted by molar-refractivity contribution is -0.139. The molecule has 0 aliphatic heterocycles. The van der Waals surface area contributed by atoms with Gasteiger partial charge in [-0.25, -0.2) is 9.97 Å². The molecule has 1 aliphatic carbocycles.